The van der Waals surface area contributed by atoms with Crippen LogP contribution in [0.1, 0.15) is 95.7 Å². The van der Waals surface area contributed by atoms with Gasteiger partial charge in [0, 0.05) is 30.1 Å². The van der Waals surface area contributed by atoms with Crippen molar-refractivity contribution in [1.29, 1.82) is 0 Å². The third-order valence-electron chi connectivity index (χ3n) is 9.62. The normalized spacial score (nSPS) is 21.0. The minimum atomic E-state index is -0.551. The zero-order chi connectivity index (χ0) is 34.9. The maximum atomic E-state index is 13.9. The van der Waals surface area contributed by atoms with Crippen LogP contribution in [-0.4, -0.2) is 74.5 Å². The highest BCUT2D eigenvalue weighted by Gasteiger charge is 2.34. The summed E-state index contributed by atoms with van der Waals surface area (Å²) in [5, 5.41) is 17.9. The number of piperidine rings is 1. The first-order valence-electron chi connectivity index (χ1n) is 17.3. The smallest absolute Gasteiger partial charge is 0.357 e. The Hall–Kier alpha value is -4.65. The van der Waals surface area contributed by atoms with Gasteiger partial charge in [-0.1, -0.05) is 45.0 Å². The molecule has 0 radical (unpaired) electrons. The zero-order valence-corrected chi connectivity index (χ0v) is 29.7. The van der Waals surface area contributed by atoms with Crippen molar-refractivity contribution < 1.29 is 19.2 Å². The number of urea groups is 1. The number of carbonyl (C=O) groups excluding carboxylic acids is 2. The first-order valence-corrected chi connectivity index (χ1v) is 17.3. The summed E-state index contributed by atoms with van der Waals surface area (Å²) in [6, 6.07) is 13.6. The van der Waals surface area contributed by atoms with Gasteiger partial charge in [0.2, 0.25) is 5.95 Å². The number of ether oxygens (including phenoxy) is 1. The Labute approximate surface area is 288 Å². The first-order chi connectivity index (χ1) is 23.4. The van der Waals surface area contributed by atoms with E-state index >= 15 is 0 Å². The molecule has 3 aromatic heterocycles. The topological polar surface area (TPSA) is 122 Å². The number of rotatable bonds is 10. The van der Waals surface area contributed by atoms with Gasteiger partial charge in [-0.15, -0.1) is 15.3 Å². The van der Waals surface area contributed by atoms with Crippen LogP contribution in [0.3, 0.4) is 0 Å². The van der Waals surface area contributed by atoms with Crippen LogP contribution in [0.5, 0.6) is 5.75 Å². The number of likely N-dealkylation sites (N-methyl/N-ethyl adjacent to an activating group) is 1. The second kappa shape index (κ2) is 14.1. The fourth-order valence-corrected chi connectivity index (χ4v) is 6.96. The fourth-order valence-electron chi connectivity index (χ4n) is 6.96. The van der Waals surface area contributed by atoms with E-state index in [1.807, 2.05) is 72.1 Å². The Morgan fingerprint density at radius 3 is 2.45 bits per heavy atom. The highest BCUT2D eigenvalue weighted by Crippen LogP contribution is 2.39. The number of fused-ring (bicyclic) bond motifs is 2. The number of carbonyl (C=O) groups is 2. The third kappa shape index (κ3) is 7.22. The largest absolute Gasteiger partial charge is 0.484 e. The molecule has 2 amide bonds. The molecule has 4 unspecified atom stereocenters. The second-order valence-corrected chi connectivity index (χ2v) is 14.6. The molecule has 13 heteroatoms. The summed E-state index contributed by atoms with van der Waals surface area (Å²) in [7, 11) is 3.94. The molecule has 1 aliphatic carbocycles. The second-order valence-electron chi connectivity index (χ2n) is 14.6. The number of hydrogen-bond acceptors (Lipinski definition) is 9. The van der Waals surface area contributed by atoms with E-state index < -0.39 is 6.03 Å². The van der Waals surface area contributed by atoms with Gasteiger partial charge in [0.05, 0.1) is 24.5 Å². The molecule has 262 valence electrons. The molecule has 6 rings (SSSR count). The molecule has 1 aliphatic heterocycles. The molecule has 1 saturated heterocycles. The van der Waals surface area contributed by atoms with Gasteiger partial charge >= 0.3 is 12.5 Å². The minimum absolute atomic E-state index is 0.223. The molecule has 4 heterocycles. The van der Waals surface area contributed by atoms with Gasteiger partial charge in [-0.2, -0.15) is 5.10 Å². The lowest BCUT2D eigenvalue weighted by molar-refractivity contribution is -0.129. The first kappa shape index (κ1) is 34.2. The number of pyridine rings is 1. The lowest BCUT2D eigenvalue weighted by atomic mass is 9.85. The minimum Gasteiger partial charge on any atom is -0.484 e. The van der Waals surface area contributed by atoms with Gasteiger partial charge in [-0.25, -0.2) is 9.48 Å². The van der Waals surface area contributed by atoms with Crippen molar-refractivity contribution in [2.75, 3.05) is 30.6 Å². The Morgan fingerprint density at radius 1 is 1.02 bits per heavy atom. The van der Waals surface area contributed by atoms with Gasteiger partial charge in [-0.05, 0) is 83.3 Å². The number of amides is 2. The molecule has 0 spiro atoms. The molecule has 49 heavy (non-hydrogen) atoms. The molecular formula is C36H49N9O4. The van der Waals surface area contributed by atoms with Crippen LogP contribution in [0.25, 0.3) is 5.65 Å². The Kier molecular flexibility index (Phi) is 9.82. The SMILES string of the molecule is CC1CCCC(C)N1c1nnc2ccc(OC3CCC(NC(=O)N(OC=O)c4cc(C(C)(C)C)nn4CCN(C)C)c4ccccc43)cn12. The highest BCUT2D eigenvalue weighted by atomic mass is 16.7. The summed E-state index contributed by atoms with van der Waals surface area (Å²) in [6.45, 7) is 12.1. The van der Waals surface area contributed by atoms with Crippen molar-refractivity contribution in [1.82, 2.24) is 34.6 Å². The summed E-state index contributed by atoms with van der Waals surface area (Å²) in [4.78, 5) is 35.3. The van der Waals surface area contributed by atoms with E-state index in [1.54, 1.807) is 4.68 Å². The predicted molar refractivity (Wildman–Crippen MR) is 188 cm³/mol. The summed E-state index contributed by atoms with van der Waals surface area (Å²) in [5.41, 5.74) is 3.24. The molecular weight excluding hydrogens is 622 g/mol. The van der Waals surface area contributed by atoms with Crippen molar-refractivity contribution in [3.05, 3.63) is 65.5 Å². The number of hydrogen-bond donors (Lipinski definition) is 1. The monoisotopic (exact) mass is 671 g/mol. The van der Waals surface area contributed by atoms with Crippen molar-refractivity contribution in [3.63, 3.8) is 0 Å². The number of anilines is 2. The van der Waals surface area contributed by atoms with Crippen LogP contribution in [0, 0.1) is 0 Å². The average molecular weight is 672 g/mol. The lowest BCUT2D eigenvalue weighted by Crippen LogP contribution is -2.44. The number of nitrogens with one attached hydrogen (secondary N) is 1. The van der Waals surface area contributed by atoms with Gasteiger partial charge in [0.25, 0.3) is 0 Å². The standard InChI is InChI=1S/C36H49N9O4/c1-24-11-10-12-25(2)44(24)34-39-38-32-18-15-26(22-42(32)34)49-30-17-16-29(27-13-8-9-14-28(27)30)37-35(47)45(48-23-46)33-21-31(36(3,4)5)40-43(33)20-19-41(6)7/h8-9,13-15,18,21-25,29-30H,10-12,16-17,19-20H2,1-7H3,(H,37,47). The zero-order valence-electron chi connectivity index (χ0n) is 29.7. The van der Waals surface area contributed by atoms with Gasteiger partial charge < -0.3 is 24.7 Å². The van der Waals surface area contributed by atoms with Crippen molar-refractivity contribution in [2.45, 2.75) is 103 Å². The summed E-state index contributed by atoms with van der Waals surface area (Å²) in [6.07, 6.45) is 6.52. The summed E-state index contributed by atoms with van der Waals surface area (Å²) >= 11 is 0. The van der Waals surface area contributed by atoms with Crippen LogP contribution in [0.4, 0.5) is 16.6 Å². The van der Waals surface area contributed by atoms with Gasteiger partial charge in [0.15, 0.2) is 11.5 Å². The number of hydroxylamine groups is 1. The van der Waals surface area contributed by atoms with E-state index in [9.17, 15) is 9.59 Å². The Bertz CT molecular complexity index is 1770. The lowest BCUT2D eigenvalue weighted by Gasteiger charge is -2.39. The van der Waals surface area contributed by atoms with Crippen molar-refractivity contribution in [2.24, 2.45) is 0 Å². The molecule has 1 aromatic carbocycles. The maximum absolute atomic E-state index is 13.9. The predicted octanol–water partition coefficient (Wildman–Crippen LogP) is 5.81. The van der Waals surface area contributed by atoms with Crippen molar-refractivity contribution >= 4 is 29.9 Å². The average Bonchev–Trinajstić information content (AvgIpc) is 3.68. The van der Waals surface area contributed by atoms with E-state index in [0.29, 0.717) is 43.8 Å². The van der Waals surface area contributed by atoms with E-state index in [1.165, 1.54) is 6.42 Å². The number of nitrogens with zero attached hydrogens (tertiary/aromatic N) is 8. The number of aromatic nitrogens is 5. The van der Waals surface area contributed by atoms with E-state index in [-0.39, 0.29) is 24.0 Å². The van der Waals surface area contributed by atoms with E-state index in [4.69, 9.17) is 14.7 Å². The molecule has 4 atom stereocenters. The van der Waals surface area contributed by atoms with Crippen LogP contribution in [-0.2, 0) is 21.6 Å². The van der Waals surface area contributed by atoms with Crippen molar-refractivity contribution in [3.8, 4) is 5.75 Å². The molecule has 1 N–H and O–H groups in total. The van der Waals surface area contributed by atoms with Crippen LogP contribution in [0.15, 0.2) is 48.7 Å². The van der Waals surface area contributed by atoms with Crippen LogP contribution >= 0.6 is 0 Å². The van der Waals surface area contributed by atoms with Gasteiger partial charge in [-0.3, -0.25) is 9.20 Å². The van der Waals surface area contributed by atoms with Crippen LogP contribution < -0.4 is 20.0 Å². The van der Waals surface area contributed by atoms with Gasteiger partial charge in [0.1, 0.15) is 11.9 Å². The molecule has 2 aliphatic rings. The Morgan fingerprint density at radius 2 is 1.76 bits per heavy atom. The van der Waals surface area contributed by atoms with E-state index in [0.717, 1.165) is 52.1 Å². The quantitative estimate of drug-likeness (QED) is 0.164. The summed E-state index contributed by atoms with van der Waals surface area (Å²) < 4.78 is 10.4. The fraction of sp³-hybridized carbons (Fsp3) is 0.528. The third-order valence-corrected chi connectivity index (χ3v) is 9.62. The molecule has 13 nitrogen and oxygen atoms in total. The summed E-state index contributed by atoms with van der Waals surface area (Å²) in [5.74, 6) is 1.95. The number of benzene rings is 1. The highest BCUT2D eigenvalue weighted by molar-refractivity contribution is 5.90. The molecule has 0 saturated carbocycles. The Balaban J connectivity index is 1.23. The maximum Gasteiger partial charge on any atom is 0.357 e. The van der Waals surface area contributed by atoms with E-state index in [2.05, 4.69) is 55.0 Å². The molecule has 0 bridgehead atoms. The molecule has 4 aromatic rings. The molecule has 1 fully saturated rings. The van der Waals surface area contributed by atoms with Crippen LogP contribution in [0.2, 0.25) is 0 Å².